The first-order valence-corrected chi connectivity index (χ1v) is 5.36. The van der Waals surface area contributed by atoms with Crippen LogP contribution < -0.4 is 0 Å². The zero-order valence-corrected chi connectivity index (χ0v) is 10.1. The Hall–Kier alpha value is 0.890. The summed E-state index contributed by atoms with van der Waals surface area (Å²) < 4.78 is 1.54. The number of halogens is 2. The normalized spacial score (nSPS) is 29.4. The van der Waals surface area contributed by atoms with Crippen molar-refractivity contribution in [2.24, 2.45) is 11.8 Å². The molecule has 1 saturated carbocycles. The van der Waals surface area contributed by atoms with Crippen LogP contribution in [-0.2, 0) is 4.79 Å². The van der Waals surface area contributed by atoms with Gasteiger partial charge >= 0.3 is 0 Å². The van der Waals surface area contributed by atoms with Gasteiger partial charge in [0, 0.05) is 12.5 Å². The summed E-state index contributed by atoms with van der Waals surface area (Å²) in [4.78, 5) is 11.3. The molecule has 0 bridgehead atoms. The highest BCUT2D eigenvalue weighted by Gasteiger charge is 2.37. The molecule has 0 aliphatic heterocycles. The molecule has 0 radical (unpaired) electrons. The second-order valence-corrected chi connectivity index (χ2v) is 6.47. The third kappa shape index (κ3) is 2.18. The number of rotatable bonds is 2. The van der Waals surface area contributed by atoms with E-state index in [-0.39, 0.29) is 24.3 Å². The Morgan fingerprint density at radius 1 is 1.55 bits per heavy atom. The predicted octanol–water partition coefficient (Wildman–Crippen LogP) is 1.53. The zero-order chi connectivity index (χ0) is 8.43. The van der Waals surface area contributed by atoms with E-state index in [4.69, 9.17) is 5.11 Å². The van der Waals surface area contributed by atoms with Crippen molar-refractivity contribution < 1.29 is 9.90 Å². The maximum absolute atomic E-state index is 11.3. The van der Waals surface area contributed by atoms with Crippen LogP contribution in [0.4, 0.5) is 0 Å². The molecule has 0 aromatic rings. The molecule has 0 aromatic carbocycles. The topological polar surface area (TPSA) is 40.5 Å². The molecule has 1 rings (SSSR count). The second-order valence-electron chi connectivity index (χ2n) is 2.70. The van der Waals surface area contributed by atoms with Crippen molar-refractivity contribution in [1.29, 1.82) is 0 Å². The molecular weight excluding hydrogens is 372 g/mol. The van der Waals surface area contributed by atoms with Crippen LogP contribution in [0.25, 0.3) is 0 Å². The number of amides is 1. The van der Waals surface area contributed by atoms with Crippen molar-refractivity contribution >= 4 is 51.6 Å². The van der Waals surface area contributed by atoms with E-state index >= 15 is 0 Å². The molecule has 0 saturated heterocycles. The van der Waals surface area contributed by atoms with Crippen molar-refractivity contribution in [1.82, 2.24) is 1.33 Å². The van der Waals surface area contributed by atoms with E-state index in [0.717, 1.165) is 12.8 Å². The molecule has 1 aliphatic carbocycles. The Morgan fingerprint density at radius 3 is 2.45 bits per heavy atom. The average molecular weight is 381 g/mol. The van der Waals surface area contributed by atoms with Crippen molar-refractivity contribution in [3.8, 4) is 0 Å². The third-order valence-electron chi connectivity index (χ3n) is 2.14. The molecule has 2 atom stereocenters. The summed E-state index contributed by atoms with van der Waals surface area (Å²) >= 11 is 3.91. The van der Waals surface area contributed by atoms with Crippen LogP contribution in [0.3, 0.4) is 0 Å². The van der Waals surface area contributed by atoms with Crippen molar-refractivity contribution in [3.63, 3.8) is 0 Å². The summed E-state index contributed by atoms with van der Waals surface area (Å²) in [6, 6.07) is 0. The quantitative estimate of drug-likeness (QED) is 0.583. The molecule has 1 aliphatic rings. The smallest absolute Gasteiger partial charge is 0.243 e. The van der Waals surface area contributed by atoms with E-state index in [2.05, 4.69) is 0 Å². The molecule has 5 heteroatoms. The van der Waals surface area contributed by atoms with Gasteiger partial charge in [0.1, 0.15) is 0 Å². The lowest BCUT2D eigenvalue weighted by Gasteiger charge is -2.34. The van der Waals surface area contributed by atoms with Gasteiger partial charge < -0.3 is 5.11 Å². The molecule has 64 valence electrons. The summed E-state index contributed by atoms with van der Waals surface area (Å²) in [6.07, 6.45) is 1.93. The van der Waals surface area contributed by atoms with Gasteiger partial charge in [0.25, 0.3) is 0 Å². The van der Waals surface area contributed by atoms with Crippen LogP contribution in [0.15, 0.2) is 0 Å². The molecule has 11 heavy (non-hydrogen) atoms. The van der Waals surface area contributed by atoms with E-state index in [1.54, 1.807) is 1.33 Å². The van der Waals surface area contributed by atoms with Crippen LogP contribution in [0.1, 0.15) is 12.8 Å². The predicted molar refractivity (Wildman–Crippen MR) is 58.2 cm³/mol. The number of hydrogen-bond donors (Lipinski definition) is 1. The minimum atomic E-state index is 0.0776. The van der Waals surface area contributed by atoms with Crippen LogP contribution in [0, 0.1) is 11.8 Å². The first kappa shape index (κ1) is 9.97. The SMILES string of the molecule is O=C([C@H]1CC[C@@H]1CO)N(I)I. The van der Waals surface area contributed by atoms with Gasteiger partial charge in [0.15, 0.2) is 0 Å². The van der Waals surface area contributed by atoms with Crippen LogP contribution in [0.2, 0.25) is 0 Å². The number of carbonyl (C=O) groups is 1. The van der Waals surface area contributed by atoms with Crippen molar-refractivity contribution in [3.05, 3.63) is 0 Å². The number of carbonyl (C=O) groups excluding carboxylic acids is 1. The highest BCUT2D eigenvalue weighted by atomic mass is 127. The Balaban J connectivity index is 2.42. The van der Waals surface area contributed by atoms with Gasteiger partial charge in [-0.1, -0.05) is 0 Å². The van der Waals surface area contributed by atoms with Gasteiger partial charge in [-0.15, -0.1) is 0 Å². The molecule has 0 unspecified atom stereocenters. The highest BCUT2D eigenvalue weighted by molar-refractivity contribution is 14.2. The third-order valence-corrected chi connectivity index (χ3v) is 3.09. The van der Waals surface area contributed by atoms with Gasteiger partial charge in [0.2, 0.25) is 5.91 Å². The summed E-state index contributed by atoms with van der Waals surface area (Å²) in [6.45, 7) is 0.150. The van der Waals surface area contributed by atoms with E-state index in [9.17, 15) is 4.79 Å². The van der Waals surface area contributed by atoms with Gasteiger partial charge in [-0.2, -0.15) is 0 Å². The van der Waals surface area contributed by atoms with Crippen LogP contribution in [-0.4, -0.2) is 18.9 Å². The molecule has 1 N–H and O–H groups in total. The molecule has 1 fully saturated rings. The number of aliphatic hydroxyl groups is 1. The van der Waals surface area contributed by atoms with E-state index in [0.29, 0.717) is 0 Å². The molecule has 0 heterocycles. The van der Waals surface area contributed by atoms with E-state index in [1.807, 2.05) is 45.7 Å². The van der Waals surface area contributed by atoms with E-state index < -0.39 is 0 Å². The standard InChI is InChI=1S/C6H9I2NO2/c7-9(8)6(11)5-2-1-4(5)3-10/h4-5,10H,1-3H2/t4-,5+/m1/s1. The van der Waals surface area contributed by atoms with Gasteiger partial charge in [-0.3, -0.25) is 4.79 Å². The fourth-order valence-electron chi connectivity index (χ4n) is 1.24. The summed E-state index contributed by atoms with van der Waals surface area (Å²) in [5.74, 6) is 0.430. The largest absolute Gasteiger partial charge is 0.396 e. The average Bonchev–Trinajstić information content (AvgIpc) is 1.86. The molecule has 0 spiro atoms. The molecule has 0 aromatic heterocycles. The fourth-order valence-corrected chi connectivity index (χ4v) is 1.95. The Kier molecular flexibility index (Phi) is 3.83. The number of nitrogens with zero attached hydrogens (tertiary/aromatic N) is 1. The van der Waals surface area contributed by atoms with E-state index in [1.165, 1.54) is 0 Å². The van der Waals surface area contributed by atoms with Crippen LogP contribution >= 0.6 is 45.7 Å². The lowest BCUT2D eigenvalue weighted by Crippen LogP contribution is -2.38. The van der Waals surface area contributed by atoms with Gasteiger partial charge in [0.05, 0.1) is 45.7 Å². The van der Waals surface area contributed by atoms with Gasteiger partial charge in [-0.05, 0) is 18.8 Å². The zero-order valence-electron chi connectivity index (χ0n) is 5.83. The Labute approximate surface area is 93.5 Å². The summed E-state index contributed by atoms with van der Waals surface area (Å²) in [5, 5.41) is 8.81. The monoisotopic (exact) mass is 381 g/mol. The molecular formula is C6H9I2NO2. The fraction of sp³-hybridized carbons (Fsp3) is 0.833. The molecule has 1 amide bonds. The van der Waals surface area contributed by atoms with Crippen LogP contribution in [0.5, 0.6) is 0 Å². The summed E-state index contributed by atoms with van der Waals surface area (Å²) in [5.41, 5.74) is 0. The first-order chi connectivity index (χ1) is 5.16. The van der Waals surface area contributed by atoms with Crippen molar-refractivity contribution in [2.45, 2.75) is 12.8 Å². The maximum Gasteiger partial charge on any atom is 0.243 e. The second kappa shape index (κ2) is 4.22. The lowest BCUT2D eigenvalue weighted by molar-refractivity contribution is -0.131. The number of hydrogen-bond acceptors (Lipinski definition) is 2. The maximum atomic E-state index is 11.3. The summed E-state index contributed by atoms with van der Waals surface area (Å²) in [7, 11) is 0. The van der Waals surface area contributed by atoms with Crippen molar-refractivity contribution in [2.75, 3.05) is 6.61 Å². The van der Waals surface area contributed by atoms with Gasteiger partial charge in [-0.25, -0.2) is 1.33 Å². The highest BCUT2D eigenvalue weighted by Crippen LogP contribution is 2.36. The minimum Gasteiger partial charge on any atom is -0.396 e. The molecule has 3 nitrogen and oxygen atoms in total. The Bertz CT molecular complexity index is 161. The lowest BCUT2D eigenvalue weighted by atomic mass is 9.74. The first-order valence-electron chi connectivity index (χ1n) is 3.43. The number of aliphatic hydroxyl groups excluding tert-OH is 1. The Morgan fingerprint density at radius 2 is 2.18 bits per heavy atom. The minimum absolute atomic E-state index is 0.0776.